The molecule has 4 heteroatoms. The molecule has 3 aliphatic carbocycles. The van der Waals surface area contributed by atoms with Crippen LogP contribution in [0.2, 0.25) is 0 Å². The molecule has 0 N–H and O–H groups in total. The number of allylic oxidation sites excluding steroid dienone is 8. The number of hydrogen-bond acceptors (Lipinski definition) is 0. The smallest absolute Gasteiger partial charge is 0.123 e. The largest absolute Gasteiger partial charge is 0.243 e. The quantitative estimate of drug-likeness (QED) is 0.152. The van der Waals surface area contributed by atoms with Crippen LogP contribution in [0.5, 0.6) is 0 Å². The van der Waals surface area contributed by atoms with Gasteiger partial charge in [0.25, 0.3) is 0 Å². The molecule has 9 rings (SSSR count). The lowest BCUT2D eigenvalue weighted by Crippen LogP contribution is -2.29. The zero-order valence-electron chi connectivity index (χ0n) is 28.8. The maximum absolute atomic E-state index is 15.0. The average molecular weight is 699 g/mol. The van der Waals surface area contributed by atoms with E-state index in [9.17, 15) is 17.6 Å². The van der Waals surface area contributed by atoms with Crippen LogP contribution in [0.1, 0.15) is 52.6 Å². The van der Waals surface area contributed by atoms with Crippen molar-refractivity contribution in [3.05, 3.63) is 215 Å². The monoisotopic (exact) mass is 698 g/mol. The molecule has 6 aromatic rings. The molecule has 6 aromatic carbocycles. The van der Waals surface area contributed by atoms with Gasteiger partial charge in [0.15, 0.2) is 0 Å². The van der Waals surface area contributed by atoms with Crippen molar-refractivity contribution in [3.63, 3.8) is 0 Å². The van der Waals surface area contributed by atoms with Crippen molar-refractivity contribution in [1.82, 2.24) is 0 Å². The van der Waals surface area contributed by atoms with Crippen LogP contribution in [0.15, 0.2) is 170 Å². The van der Waals surface area contributed by atoms with Gasteiger partial charge in [-0.05, 0) is 157 Å². The van der Waals surface area contributed by atoms with E-state index in [0.29, 0.717) is 30.4 Å². The lowest BCUT2D eigenvalue weighted by Gasteiger charge is -2.35. The highest BCUT2D eigenvalue weighted by Crippen LogP contribution is 2.57. The minimum atomic E-state index is -1.12. The molecule has 0 radical (unpaired) electrons. The molecular weight excluding hydrogens is 665 g/mol. The Morgan fingerprint density at radius 3 is 1.62 bits per heavy atom. The van der Waals surface area contributed by atoms with Crippen LogP contribution in [-0.4, -0.2) is 6.17 Å². The molecule has 0 nitrogen and oxygen atoms in total. The topological polar surface area (TPSA) is 0 Å². The highest BCUT2D eigenvalue weighted by molar-refractivity contribution is 5.90. The predicted octanol–water partition coefficient (Wildman–Crippen LogP) is 13.4. The van der Waals surface area contributed by atoms with Crippen molar-refractivity contribution in [2.45, 2.75) is 30.8 Å². The summed E-state index contributed by atoms with van der Waals surface area (Å²) in [5, 5.41) is 0. The molecule has 0 bridgehead atoms. The second kappa shape index (κ2) is 13.2. The molecule has 1 atom stereocenters. The third kappa shape index (κ3) is 5.79. The van der Waals surface area contributed by atoms with Gasteiger partial charge >= 0.3 is 0 Å². The molecule has 0 heterocycles. The fraction of sp³-hybridized carbons (Fsp3) is 0.102. The minimum absolute atomic E-state index is 0.182. The van der Waals surface area contributed by atoms with Crippen LogP contribution in [0, 0.1) is 11.6 Å². The summed E-state index contributed by atoms with van der Waals surface area (Å²) >= 11 is 0. The van der Waals surface area contributed by atoms with E-state index in [1.165, 1.54) is 24.3 Å². The predicted molar refractivity (Wildman–Crippen MR) is 208 cm³/mol. The van der Waals surface area contributed by atoms with Gasteiger partial charge in [0.1, 0.15) is 23.6 Å². The van der Waals surface area contributed by atoms with Crippen molar-refractivity contribution < 1.29 is 17.6 Å². The number of hydrogen-bond donors (Lipinski definition) is 0. The highest BCUT2D eigenvalue weighted by atomic mass is 19.1. The van der Waals surface area contributed by atoms with Gasteiger partial charge in [0.2, 0.25) is 0 Å². The van der Waals surface area contributed by atoms with Crippen LogP contribution in [0.25, 0.3) is 44.5 Å². The third-order valence-corrected chi connectivity index (χ3v) is 10.7. The van der Waals surface area contributed by atoms with Crippen molar-refractivity contribution in [2.24, 2.45) is 0 Å². The van der Waals surface area contributed by atoms with E-state index in [-0.39, 0.29) is 17.5 Å². The Labute approximate surface area is 306 Å². The SMILES string of the molecule is FC1=CC(c2cc(-c3cccc(F)c3)cc(C3(c4cc(C5=CC(F)CC=C5)cc(-c5cccc(F)c5)c4)c4ccccc4-c4ccccc43)c2)=CCC1. The summed E-state index contributed by atoms with van der Waals surface area (Å²) in [6, 6.07) is 42.3. The van der Waals surface area contributed by atoms with Crippen LogP contribution >= 0.6 is 0 Å². The van der Waals surface area contributed by atoms with Crippen molar-refractivity contribution in [3.8, 4) is 33.4 Å². The van der Waals surface area contributed by atoms with E-state index in [0.717, 1.165) is 66.8 Å². The number of rotatable bonds is 6. The summed E-state index contributed by atoms with van der Waals surface area (Å²) in [6.07, 6.45) is 9.22. The molecule has 0 amide bonds. The van der Waals surface area contributed by atoms with Crippen molar-refractivity contribution in [1.29, 1.82) is 0 Å². The second-order valence-corrected chi connectivity index (χ2v) is 14.0. The summed E-state index contributed by atoms with van der Waals surface area (Å²) in [7, 11) is 0. The van der Waals surface area contributed by atoms with E-state index < -0.39 is 11.6 Å². The Morgan fingerprint density at radius 2 is 1.08 bits per heavy atom. The Hall–Kier alpha value is -6.00. The normalized spacial score (nSPS) is 17.1. The number of halogens is 4. The lowest BCUT2D eigenvalue weighted by molar-refractivity contribution is 0.403. The molecule has 0 fully saturated rings. The van der Waals surface area contributed by atoms with Crippen molar-refractivity contribution >= 4 is 11.1 Å². The molecule has 3 aliphatic rings. The van der Waals surface area contributed by atoms with Gasteiger partial charge in [-0.3, -0.25) is 0 Å². The van der Waals surface area contributed by atoms with E-state index >= 15 is 0 Å². The first-order chi connectivity index (χ1) is 25.9. The average Bonchev–Trinajstić information content (AvgIpc) is 3.49. The van der Waals surface area contributed by atoms with Gasteiger partial charge in [0, 0.05) is 12.8 Å². The molecular formula is C49H34F4. The molecule has 0 aliphatic heterocycles. The van der Waals surface area contributed by atoms with Gasteiger partial charge in [-0.1, -0.05) is 91.0 Å². The Morgan fingerprint density at radius 1 is 0.528 bits per heavy atom. The Bertz CT molecular complexity index is 2410. The molecule has 53 heavy (non-hydrogen) atoms. The minimum Gasteiger partial charge on any atom is -0.243 e. The van der Waals surface area contributed by atoms with Crippen molar-refractivity contribution in [2.75, 3.05) is 0 Å². The van der Waals surface area contributed by atoms with Gasteiger partial charge in [-0.25, -0.2) is 17.6 Å². The molecule has 1 unspecified atom stereocenters. The summed E-state index contributed by atoms with van der Waals surface area (Å²) < 4.78 is 59.6. The Balaban J connectivity index is 1.42. The van der Waals surface area contributed by atoms with Crippen LogP contribution in [0.4, 0.5) is 17.6 Å². The van der Waals surface area contributed by atoms with Gasteiger partial charge in [0.05, 0.1) is 5.41 Å². The number of benzene rings is 6. The Kier molecular flexibility index (Phi) is 8.19. The first-order valence-electron chi connectivity index (χ1n) is 18.0. The first-order valence-corrected chi connectivity index (χ1v) is 18.0. The number of alkyl halides is 1. The highest BCUT2D eigenvalue weighted by Gasteiger charge is 2.46. The van der Waals surface area contributed by atoms with Crippen LogP contribution in [-0.2, 0) is 5.41 Å². The summed E-state index contributed by atoms with van der Waals surface area (Å²) in [6.45, 7) is 0. The molecule has 0 saturated carbocycles. The van der Waals surface area contributed by atoms with Crippen LogP contribution < -0.4 is 0 Å². The molecule has 0 saturated heterocycles. The fourth-order valence-electron chi connectivity index (χ4n) is 8.42. The summed E-state index contributed by atoms with van der Waals surface area (Å²) in [5.41, 5.74) is 11.2. The fourth-order valence-corrected chi connectivity index (χ4v) is 8.42. The molecule has 0 aromatic heterocycles. The third-order valence-electron chi connectivity index (χ3n) is 10.7. The maximum atomic E-state index is 15.0. The van der Waals surface area contributed by atoms with E-state index in [2.05, 4.69) is 54.6 Å². The summed E-state index contributed by atoms with van der Waals surface area (Å²) in [4.78, 5) is 0. The van der Waals surface area contributed by atoms with Gasteiger partial charge < -0.3 is 0 Å². The van der Waals surface area contributed by atoms with Gasteiger partial charge in [-0.2, -0.15) is 0 Å². The van der Waals surface area contributed by atoms with E-state index in [4.69, 9.17) is 0 Å². The number of fused-ring (bicyclic) bond motifs is 3. The summed E-state index contributed by atoms with van der Waals surface area (Å²) in [5.74, 6) is -0.885. The second-order valence-electron chi connectivity index (χ2n) is 14.0. The standard InChI is InChI=1S/C49H34F4/c50-41-13-5-9-31(27-41)35-21-36(32-10-6-14-42(51)28-32)24-39(23-35)49(47-19-3-1-17-45(47)46-18-2-4-20-48(46)49)40-25-37(33-11-7-15-43(52)29-33)22-38(26-40)34-12-8-16-44(53)30-34/h1-7,9-13,15,17-30,42H,8,14,16H2. The lowest BCUT2D eigenvalue weighted by atomic mass is 9.66. The van der Waals surface area contributed by atoms with Crippen LogP contribution in [0.3, 0.4) is 0 Å². The maximum Gasteiger partial charge on any atom is 0.123 e. The van der Waals surface area contributed by atoms with E-state index in [1.54, 1.807) is 24.3 Å². The molecule has 0 spiro atoms. The zero-order chi connectivity index (χ0) is 36.1. The first kappa shape index (κ1) is 32.9. The van der Waals surface area contributed by atoms with E-state index in [1.807, 2.05) is 60.7 Å². The zero-order valence-corrected chi connectivity index (χ0v) is 28.8. The molecule has 258 valence electrons. The van der Waals surface area contributed by atoms with Gasteiger partial charge in [-0.15, -0.1) is 0 Å².